The Morgan fingerprint density at radius 1 is 1.00 bits per heavy atom. The van der Waals surface area contributed by atoms with Crippen LogP contribution in [-0.4, -0.2) is 8.42 Å². The van der Waals surface area contributed by atoms with Gasteiger partial charge in [0.1, 0.15) is 16.4 Å². The molecule has 4 N–H and O–H groups in total. The number of hydrogen-bond acceptors (Lipinski definition) is 4. The minimum atomic E-state index is -3.92. The highest BCUT2D eigenvalue weighted by atomic mass is 32.2. The molecule has 5 nitrogen and oxygen atoms in total. The molecule has 0 saturated carbocycles. The fourth-order valence-corrected chi connectivity index (χ4v) is 2.71. The molecule has 0 fully saturated rings. The van der Waals surface area contributed by atoms with E-state index in [9.17, 15) is 8.42 Å². The molecule has 21 heavy (non-hydrogen) atoms. The number of nitrogen functional groups attached to an aromatic ring is 1. The van der Waals surface area contributed by atoms with Crippen LogP contribution < -0.4 is 15.6 Å². The van der Waals surface area contributed by atoms with Crippen LogP contribution in [0.3, 0.4) is 0 Å². The van der Waals surface area contributed by atoms with E-state index in [0.717, 1.165) is 16.7 Å². The number of hydrogen-bond donors (Lipinski definition) is 2. The highest BCUT2D eigenvalue weighted by Crippen LogP contribution is 2.34. The number of sulfonamides is 1. The van der Waals surface area contributed by atoms with Crippen molar-refractivity contribution in [1.82, 2.24) is 0 Å². The summed E-state index contributed by atoms with van der Waals surface area (Å²) in [5, 5.41) is 5.22. The van der Waals surface area contributed by atoms with E-state index in [1.165, 1.54) is 12.1 Å². The van der Waals surface area contributed by atoms with Gasteiger partial charge in [0.2, 0.25) is 10.0 Å². The van der Waals surface area contributed by atoms with Crippen LogP contribution in [0.4, 0.5) is 5.69 Å². The highest BCUT2D eigenvalue weighted by molar-refractivity contribution is 7.89. The van der Waals surface area contributed by atoms with Crippen LogP contribution in [0.15, 0.2) is 35.2 Å². The van der Waals surface area contributed by atoms with Crippen LogP contribution >= 0.6 is 0 Å². The molecular weight excluding hydrogens is 288 g/mol. The summed E-state index contributed by atoms with van der Waals surface area (Å²) in [6.45, 7) is 5.78. The first-order valence-electron chi connectivity index (χ1n) is 6.37. The number of nitrogens with two attached hydrogens (primary N) is 2. The molecule has 0 heterocycles. The second-order valence-corrected chi connectivity index (χ2v) is 6.54. The monoisotopic (exact) mass is 306 g/mol. The Balaban J connectivity index is 2.58. The Morgan fingerprint density at radius 3 is 2.24 bits per heavy atom. The molecule has 0 atom stereocenters. The lowest BCUT2D eigenvalue weighted by Crippen LogP contribution is -2.14. The van der Waals surface area contributed by atoms with E-state index in [0.29, 0.717) is 11.4 Å². The third-order valence-corrected chi connectivity index (χ3v) is 4.29. The van der Waals surface area contributed by atoms with Crippen molar-refractivity contribution < 1.29 is 13.2 Å². The average molecular weight is 306 g/mol. The Kier molecular flexibility index (Phi) is 3.93. The van der Waals surface area contributed by atoms with Crippen LogP contribution in [0.25, 0.3) is 0 Å². The quantitative estimate of drug-likeness (QED) is 0.852. The third-order valence-electron chi connectivity index (χ3n) is 3.36. The van der Waals surface area contributed by atoms with Crippen molar-refractivity contribution in [3.63, 3.8) is 0 Å². The summed E-state index contributed by atoms with van der Waals surface area (Å²) in [5.74, 6) is 0.799. The molecule has 6 heteroatoms. The first-order chi connectivity index (χ1) is 9.70. The Hall–Kier alpha value is -2.05. The maximum absolute atomic E-state index is 11.7. The summed E-state index contributed by atoms with van der Waals surface area (Å²) in [6.07, 6.45) is 0. The molecule has 0 aromatic heterocycles. The van der Waals surface area contributed by atoms with Crippen LogP contribution in [-0.2, 0) is 10.0 Å². The van der Waals surface area contributed by atoms with Gasteiger partial charge in [-0.25, -0.2) is 13.6 Å². The zero-order chi connectivity index (χ0) is 15.8. The maximum Gasteiger partial charge on any atom is 0.241 e. The lowest BCUT2D eigenvalue weighted by atomic mass is 10.1. The van der Waals surface area contributed by atoms with E-state index in [1.807, 2.05) is 32.9 Å². The summed E-state index contributed by atoms with van der Waals surface area (Å²) in [6, 6.07) is 8.29. The summed E-state index contributed by atoms with van der Waals surface area (Å²) < 4.78 is 29.2. The van der Waals surface area contributed by atoms with Crippen molar-refractivity contribution in [3.05, 3.63) is 47.0 Å². The van der Waals surface area contributed by atoms with Gasteiger partial charge in [-0.15, -0.1) is 0 Å². The third kappa shape index (κ3) is 3.17. The van der Waals surface area contributed by atoms with E-state index in [4.69, 9.17) is 15.6 Å². The molecule has 2 aromatic rings. The summed E-state index contributed by atoms with van der Waals surface area (Å²) in [4.78, 5) is -0.122. The van der Waals surface area contributed by atoms with E-state index in [2.05, 4.69) is 0 Å². The van der Waals surface area contributed by atoms with Crippen LogP contribution in [0.5, 0.6) is 11.5 Å². The van der Waals surface area contributed by atoms with Gasteiger partial charge in [-0.05, 0) is 55.7 Å². The number of primary sulfonamides is 1. The first-order valence-corrected chi connectivity index (χ1v) is 7.92. The number of ether oxygens (including phenoxy) is 1. The fourth-order valence-electron chi connectivity index (χ4n) is 2.02. The van der Waals surface area contributed by atoms with Gasteiger partial charge in [0, 0.05) is 5.69 Å². The largest absolute Gasteiger partial charge is 0.455 e. The van der Waals surface area contributed by atoms with Gasteiger partial charge in [0.05, 0.1) is 0 Å². The molecule has 0 spiro atoms. The van der Waals surface area contributed by atoms with Crippen molar-refractivity contribution in [2.45, 2.75) is 25.7 Å². The lowest BCUT2D eigenvalue weighted by Gasteiger charge is -2.15. The van der Waals surface area contributed by atoms with Crippen LogP contribution in [0, 0.1) is 20.8 Å². The number of benzene rings is 2. The average Bonchev–Trinajstić information content (AvgIpc) is 2.39. The predicted molar refractivity (Wildman–Crippen MR) is 83.0 cm³/mol. The number of aryl methyl sites for hydroxylation is 2. The number of rotatable bonds is 3. The topological polar surface area (TPSA) is 95.4 Å². The molecule has 0 radical (unpaired) electrons. The van der Waals surface area contributed by atoms with E-state index in [-0.39, 0.29) is 10.6 Å². The maximum atomic E-state index is 11.7. The molecule has 0 amide bonds. The molecule has 0 aliphatic rings. The molecule has 0 bridgehead atoms. The lowest BCUT2D eigenvalue weighted by molar-refractivity contribution is 0.460. The minimum Gasteiger partial charge on any atom is -0.455 e. The van der Waals surface area contributed by atoms with Gasteiger partial charge in [-0.1, -0.05) is 12.1 Å². The van der Waals surface area contributed by atoms with E-state index < -0.39 is 10.0 Å². The molecule has 2 aromatic carbocycles. The zero-order valence-corrected chi connectivity index (χ0v) is 13.0. The Bertz CT molecular complexity index is 799. The van der Waals surface area contributed by atoms with Gasteiger partial charge in [0.15, 0.2) is 0 Å². The Morgan fingerprint density at radius 2 is 1.62 bits per heavy atom. The van der Waals surface area contributed by atoms with Gasteiger partial charge in [-0.3, -0.25) is 0 Å². The van der Waals surface area contributed by atoms with Gasteiger partial charge in [-0.2, -0.15) is 0 Å². The highest BCUT2D eigenvalue weighted by Gasteiger charge is 2.18. The predicted octanol–water partition coefficient (Wildman–Crippen LogP) is 2.63. The van der Waals surface area contributed by atoms with Gasteiger partial charge >= 0.3 is 0 Å². The van der Waals surface area contributed by atoms with Gasteiger partial charge in [0.25, 0.3) is 0 Å². The molecule has 0 unspecified atom stereocenters. The van der Waals surface area contributed by atoms with E-state index in [1.54, 1.807) is 6.07 Å². The second kappa shape index (κ2) is 5.38. The van der Waals surface area contributed by atoms with Crippen molar-refractivity contribution >= 4 is 15.7 Å². The minimum absolute atomic E-state index is 0.122. The molecule has 0 aliphatic carbocycles. The zero-order valence-electron chi connectivity index (χ0n) is 12.2. The smallest absolute Gasteiger partial charge is 0.241 e. The van der Waals surface area contributed by atoms with Crippen molar-refractivity contribution in [2.75, 3.05) is 5.73 Å². The molecule has 0 aliphatic heterocycles. The van der Waals surface area contributed by atoms with Crippen LogP contribution in [0.2, 0.25) is 0 Å². The standard InChI is InChI=1S/C15H18N2O3S/c1-9-4-5-10(2)15(11(9)3)20-13-7-6-12(16)8-14(13)21(17,18)19/h4-8H,16H2,1-3H3,(H2,17,18,19). The first kappa shape index (κ1) is 15.3. The number of anilines is 1. The Labute approximate surface area is 124 Å². The van der Waals surface area contributed by atoms with Gasteiger partial charge < -0.3 is 10.5 Å². The summed E-state index contributed by atoms with van der Waals surface area (Å²) in [7, 11) is -3.92. The molecule has 2 rings (SSSR count). The second-order valence-electron chi connectivity index (χ2n) is 5.01. The molecule has 112 valence electrons. The fraction of sp³-hybridized carbons (Fsp3) is 0.200. The SMILES string of the molecule is Cc1ccc(C)c(Oc2ccc(N)cc2S(N)(=O)=O)c1C. The summed E-state index contributed by atoms with van der Waals surface area (Å²) in [5.41, 5.74) is 8.86. The van der Waals surface area contributed by atoms with Crippen molar-refractivity contribution in [3.8, 4) is 11.5 Å². The molecular formula is C15H18N2O3S. The molecule has 0 saturated heterocycles. The van der Waals surface area contributed by atoms with Crippen molar-refractivity contribution in [1.29, 1.82) is 0 Å². The van der Waals surface area contributed by atoms with Crippen LogP contribution in [0.1, 0.15) is 16.7 Å². The summed E-state index contributed by atoms with van der Waals surface area (Å²) >= 11 is 0. The van der Waals surface area contributed by atoms with E-state index >= 15 is 0 Å². The van der Waals surface area contributed by atoms with Crippen molar-refractivity contribution in [2.24, 2.45) is 5.14 Å². The normalized spacial score (nSPS) is 11.4.